The summed E-state index contributed by atoms with van der Waals surface area (Å²) in [7, 11) is 1.71. The molecule has 0 amide bonds. The molecule has 0 radical (unpaired) electrons. The number of rotatable bonds is 13. The third-order valence-corrected chi connectivity index (χ3v) is 3.21. The average Bonchev–Trinajstić information content (AvgIpc) is 2.35. The van der Waals surface area contributed by atoms with Gasteiger partial charge in [-0.2, -0.15) is 0 Å². The Morgan fingerprint density at radius 3 is 1.65 bits per heavy atom. The van der Waals surface area contributed by atoms with Crippen molar-refractivity contribution in [3.63, 3.8) is 0 Å². The van der Waals surface area contributed by atoms with Crippen LogP contribution in [0.5, 0.6) is 0 Å². The van der Waals surface area contributed by atoms with Gasteiger partial charge in [-0.05, 0) is 18.9 Å². The van der Waals surface area contributed by atoms with E-state index < -0.39 is 0 Å². The van der Waals surface area contributed by atoms with Crippen molar-refractivity contribution in [3.05, 3.63) is 12.3 Å². The molecule has 0 saturated heterocycles. The summed E-state index contributed by atoms with van der Waals surface area (Å²) in [6, 6.07) is 0. The van der Waals surface area contributed by atoms with Gasteiger partial charge in [0.2, 0.25) is 0 Å². The standard InChI is InChI=1S/C16H32O/c1-3-4-5-6-7-8-9-10-11-12-13-14-15-16-17-2/h15-16H,3-14H2,1-2H3. The van der Waals surface area contributed by atoms with Crippen LogP contribution in [0.1, 0.15) is 84.0 Å². The second-order valence-electron chi connectivity index (χ2n) is 4.93. The van der Waals surface area contributed by atoms with Gasteiger partial charge in [-0.1, -0.05) is 71.1 Å². The van der Waals surface area contributed by atoms with Crippen molar-refractivity contribution < 1.29 is 4.74 Å². The molecule has 1 nitrogen and oxygen atoms in total. The molecule has 1 heteroatoms. The minimum Gasteiger partial charge on any atom is -0.505 e. The third-order valence-electron chi connectivity index (χ3n) is 3.21. The fourth-order valence-electron chi connectivity index (χ4n) is 2.09. The van der Waals surface area contributed by atoms with E-state index in [0.717, 1.165) is 0 Å². The van der Waals surface area contributed by atoms with Gasteiger partial charge in [0.25, 0.3) is 0 Å². The molecule has 0 aromatic heterocycles. The van der Waals surface area contributed by atoms with Crippen molar-refractivity contribution in [2.75, 3.05) is 7.11 Å². The lowest BCUT2D eigenvalue weighted by Crippen LogP contribution is -1.82. The van der Waals surface area contributed by atoms with Crippen molar-refractivity contribution in [2.45, 2.75) is 84.0 Å². The molecule has 0 aromatic rings. The Balaban J connectivity index is 2.91. The Kier molecular flexibility index (Phi) is 15.1. The highest BCUT2D eigenvalue weighted by atomic mass is 16.5. The number of allylic oxidation sites excluding steroid dienone is 1. The van der Waals surface area contributed by atoms with Crippen LogP contribution in [0.4, 0.5) is 0 Å². The number of ether oxygens (including phenoxy) is 1. The van der Waals surface area contributed by atoms with Crippen LogP contribution in [0, 0.1) is 0 Å². The zero-order valence-corrected chi connectivity index (χ0v) is 12.0. The maximum atomic E-state index is 4.86. The normalized spacial score (nSPS) is 11.2. The third kappa shape index (κ3) is 15.5. The molecule has 0 saturated carbocycles. The molecule has 0 N–H and O–H groups in total. The molecular formula is C16H32O. The van der Waals surface area contributed by atoms with E-state index >= 15 is 0 Å². The van der Waals surface area contributed by atoms with Gasteiger partial charge in [0.1, 0.15) is 0 Å². The van der Waals surface area contributed by atoms with Crippen LogP contribution < -0.4 is 0 Å². The first-order valence-electron chi connectivity index (χ1n) is 7.59. The maximum absolute atomic E-state index is 4.86. The van der Waals surface area contributed by atoms with E-state index in [9.17, 15) is 0 Å². The molecule has 0 fully saturated rings. The molecule has 17 heavy (non-hydrogen) atoms. The zero-order valence-electron chi connectivity index (χ0n) is 12.0. The Bertz CT molecular complexity index is 152. The van der Waals surface area contributed by atoms with Crippen LogP contribution >= 0.6 is 0 Å². The van der Waals surface area contributed by atoms with Crippen LogP contribution in [0.2, 0.25) is 0 Å². The van der Waals surface area contributed by atoms with Crippen LogP contribution in [0.25, 0.3) is 0 Å². The quantitative estimate of drug-likeness (QED) is 0.290. The minimum atomic E-state index is 1.17. The summed E-state index contributed by atoms with van der Waals surface area (Å²) >= 11 is 0. The lowest BCUT2D eigenvalue weighted by Gasteiger charge is -2.01. The first-order valence-corrected chi connectivity index (χ1v) is 7.59. The molecule has 0 unspecified atom stereocenters. The Morgan fingerprint density at radius 2 is 1.18 bits per heavy atom. The van der Waals surface area contributed by atoms with E-state index in [1.54, 1.807) is 13.4 Å². The van der Waals surface area contributed by atoms with Gasteiger partial charge in [-0.25, -0.2) is 0 Å². The van der Waals surface area contributed by atoms with Crippen LogP contribution in [-0.4, -0.2) is 7.11 Å². The Labute approximate surface area is 109 Å². The highest BCUT2D eigenvalue weighted by molar-refractivity contribution is 4.72. The van der Waals surface area contributed by atoms with Crippen LogP contribution in [-0.2, 0) is 4.74 Å². The lowest BCUT2D eigenvalue weighted by molar-refractivity contribution is 0.336. The molecular weight excluding hydrogens is 208 g/mol. The van der Waals surface area contributed by atoms with Gasteiger partial charge in [0, 0.05) is 0 Å². The maximum Gasteiger partial charge on any atom is 0.0784 e. The highest BCUT2D eigenvalue weighted by Crippen LogP contribution is 2.11. The monoisotopic (exact) mass is 240 g/mol. The fourth-order valence-corrected chi connectivity index (χ4v) is 2.09. The topological polar surface area (TPSA) is 9.23 Å². The molecule has 0 spiro atoms. The molecule has 0 heterocycles. The van der Waals surface area contributed by atoms with Crippen molar-refractivity contribution in [1.82, 2.24) is 0 Å². The van der Waals surface area contributed by atoms with Gasteiger partial charge in [0.05, 0.1) is 13.4 Å². The number of hydrogen-bond acceptors (Lipinski definition) is 1. The SMILES string of the molecule is CCCCCCCCCCCCCC=COC. The van der Waals surface area contributed by atoms with E-state index in [4.69, 9.17) is 4.74 Å². The molecule has 0 aliphatic heterocycles. The predicted octanol–water partition coefficient (Wildman–Crippen LogP) is 5.85. The van der Waals surface area contributed by atoms with Crippen molar-refractivity contribution in [2.24, 2.45) is 0 Å². The zero-order chi connectivity index (χ0) is 12.6. The van der Waals surface area contributed by atoms with E-state index in [1.165, 1.54) is 77.0 Å². The van der Waals surface area contributed by atoms with Gasteiger partial charge in [-0.3, -0.25) is 0 Å². The lowest BCUT2D eigenvalue weighted by atomic mass is 10.1. The minimum absolute atomic E-state index is 1.17. The largest absolute Gasteiger partial charge is 0.505 e. The number of unbranched alkanes of at least 4 members (excludes halogenated alkanes) is 11. The number of hydrogen-bond donors (Lipinski definition) is 0. The molecule has 0 bridgehead atoms. The fraction of sp³-hybridized carbons (Fsp3) is 0.875. The molecule has 0 aliphatic carbocycles. The van der Waals surface area contributed by atoms with Gasteiger partial charge >= 0.3 is 0 Å². The van der Waals surface area contributed by atoms with Gasteiger partial charge in [-0.15, -0.1) is 0 Å². The second kappa shape index (κ2) is 15.5. The summed E-state index contributed by atoms with van der Waals surface area (Å²) in [4.78, 5) is 0. The molecule has 0 atom stereocenters. The van der Waals surface area contributed by atoms with E-state index in [2.05, 4.69) is 13.0 Å². The molecule has 0 aromatic carbocycles. The first kappa shape index (κ1) is 16.5. The Hall–Kier alpha value is -0.460. The summed E-state index contributed by atoms with van der Waals surface area (Å²) in [6.07, 6.45) is 20.7. The van der Waals surface area contributed by atoms with Crippen LogP contribution in [0.3, 0.4) is 0 Å². The van der Waals surface area contributed by atoms with Crippen molar-refractivity contribution in [1.29, 1.82) is 0 Å². The summed E-state index contributed by atoms with van der Waals surface area (Å²) in [5.41, 5.74) is 0. The van der Waals surface area contributed by atoms with E-state index in [0.29, 0.717) is 0 Å². The second-order valence-corrected chi connectivity index (χ2v) is 4.93. The smallest absolute Gasteiger partial charge is 0.0784 e. The van der Waals surface area contributed by atoms with E-state index in [1.807, 2.05) is 0 Å². The number of methoxy groups -OCH3 is 1. The summed E-state index contributed by atoms with van der Waals surface area (Å²) in [5.74, 6) is 0. The predicted molar refractivity (Wildman–Crippen MR) is 77.2 cm³/mol. The van der Waals surface area contributed by atoms with Gasteiger partial charge < -0.3 is 4.74 Å². The summed E-state index contributed by atoms with van der Waals surface area (Å²) in [6.45, 7) is 2.28. The van der Waals surface area contributed by atoms with Crippen LogP contribution in [0.15, 0.2) is 12.3 Å². The van der Waals surface area contributed by atoms with Crippen molar-refractivity contribution >= 4 is 0 Å². The molecule has 102 valence electrons. The van der Waals surface area contributed by atoms with Gasteiger partial charge in [0.15, 0.2) is 0 Å². The summed E-state index contributed by atoms with van der Waals surface area (Å²) in [5, 5.41) is 0. The average molecular weight is 240 g/mol. The van der Waals surface area contributed by atoms with E-state index in [-0.39, 0.29) is 0 Å². The highest BCUT2D eigenvalue weighted by Gasteiger charge is 1.92. The molecule has 0 rings (SSSR count). The molecule has 0 aliphatic rings. The Morgan fingerprint density at radius 1 is 0.706 bits per heavy atom. The van der Waals surface area contributed by atoms with Crippen molar-refractivity contribution in [3.8, 4) is 0 Å². The summed E-state index contributed by atoms with van der Waals surface area (Å²) < 4.78 is 4.86. The first-order chi connectivity index (χ1) is 8.41.